The molecule has 5 heteroatoms. The molecule has 82 valence electrons. The third-order valence-electron chi connectivity index (χ3n) is 1.99. The molecule has 0 aromatic heterocycles. The smallest absolute Gasteiger partial charge is 0.228 e. The Labute approximate surface area is 96.0 Å². The summed E-state index contributed by atoms with van der Waals surface area (Å²) in [6.45, 7) is 2.01. The van der Waals surface area contributed by atoms with Crippen molar-refractivity contribution in [3.05, 3.63) is 28.5 Å². The molecule has 1 aromatic rings. The van der Waals surface area contributed by atoms with Crippen LogP contribution in [0.2, 0.25) is 0 Å². The number of rotatable bonds is 3. The zero-order chi connectivity index (χ0) is 11.4. The van der Waals surface area contributed by atoms with E-state index in [1.165, 1.54) is 18.2 Å². The standard InChI is InChI=1S/C10H12BrFN2O/c1-6(5-13)10(15)14-9-3-2-7(12)4-8(9)11/h2-4,6H,5,13H2,1H3,(H,14,15). The van der Waals surface area contributed by atoms with Gasteiger partial charge in [-0.1, -0.05) is 6.92 Å². The molecule has 15 heavy (non-hydrogen) atoms. The van der Waals surface area contributed by atoms with Crippen LogP contribution < -0.4 is 11.1 Å². The molecule has 3 N–H and O–H groups in total. The molecule has 0 heterocycles. The summed E-state index contributed by atoms with van der Waals surface area (Å²) in [6, 6.07) is 4.08. The van der Waals surface area contributed by atoms with Gasteiger partial charge in [0.15, 0.2) is 0 Å². The summed E-state index contributed by atoms with van der Waals surface area (Å²) in [5.74, 6) is -0.793. The zero-order valence-electron chi connectivity index (χ0n) is 8.26. The summed E-state index contributed by atoms with van der Waals surface area (Å²) in [5, 5.41) is 2.66. The van der Waals surface area contributed by atoms with Crippen LogP contribution in [0.5, 0.6) is 0 Å². The molecule has 0 saturated heterocycles. The van der Waals surface area contributed by atoms with Gasteiger partial charge >= 0.3 is 0 Å². The Balaban J connectivity index is 2.77. The average Bonchev–Trinajstić information content (AvgIpc) is 2.20. The molecule has 1 atom stereocenters. The summed E-state index contributed by atoms with van der Waals surface area (Å²) in [5.41, 5.74) is 5.90. The Kier molecular flexibility index (Phi) is 4.23. The lowest BCUT2D eigenvalue weighted by Gasteiger charge is -2.11. The van der Waals surface area contributed by atoms with E-state index in [1.54, 1.807) is 6.92 Å². The van der Waals surface area contributed by atoms with Crippen molar-refractivity contribution in [1.82, 2.24) is 0 Å². The predicted octanol–water partition coefficient (Wildman–Crippen LogP) is 2.12. The van der Waals surface area contributed by atoms with Gasteiger partial charge in [0.25, 0.3) is 0 Å². The SMILES string of the molecule is CC(CN)C(=O)Nc1ccc(F)cc1Br. The minimum atomic E-state index is -0.355. The Morgan fingerprint density at radius 3 is 2.87 bits per heavy atom. The molecule has 0 radical (unpaired) electrons. The second kappa shape index (κ2) is 5.23. The fourth-order valence-electron chi connectivity index (χ4n) is 0.954. The number of carbonyl (C=O) groups is 1. The number of nitrogens with one attached hydrogen (secondary N) is 1. The Hall–Kier alpha value is -0.940. The Morgan fingerprint density at radius 2 is 2.33 bits per heavy atom. The van der Waals surface area contributed by atoms with Gasteiger partial charge in [0, 0.05) is 16.9 Å². The zero-order valence-corrected chi connectivity index (χ0v) is 9.84. The second-order valence-corrected chi connectivity index (χ2v) is 4.10. The molecule has 0 bridgehead atoms. The number of halogens is 2. The number of benzene rings is 1. The van der Waals surface area contributed by atoms with E-state index in [0.29, 0.717) is 10.2 Å². The maximum Gasteiger partial charge on any atom is 0.228 e. The Bertz CT molecular complexity index is 370. The highest BCUT2D eigenvalue weighted by Gasteiger charge is 2.12. The van der Waals surface area contributed by atoms with Crippen LogP contribution in [0.15, 0.2) is 22.7 Å². The first-order valence-corrected chi connectivity index (χ1v) is 5.30. The number of amides is 1. The molecule has 0 fully saturated rings. The summed E-state index contributed by atoms with van der Waals surface area (Å²) in [7, 11) is 0. The molecule has 0 saturated carbocycles. The highest BCUT2D eigenvalue weighted by Crippen LogP contribution is 2.23. The van der Waals surface area contributed by atoms with Gasteiger partial charge in [-0.3, -0.25) is 4.79 Å². The third-order valence-corrected chi connectivity index (χ3v) is 2.65. The molecule has 0 aliphatic heterocycles. The number of nitrogens with two attached hydrogens (primary N) is 1. The van der Waals surface area contributed by atoms with Crippen molar-refractivity contribution < 1.29 is 9.18 Å². The van der Waals surface area contributed by atoms with Crippen molar-refractivity contribution in [3.8, 4) is 0 Å². The highest BCUT2D eigenvalue weighted by molar-refractivity contribution is 9.10. The van der Waals surface area contributed by atoms with Crippen LogP contribution in [0.3, 0.4) is 0 Å². The topological polar surface area (TPSA) is 55.1 Å². The molecule has 0 aliphatic carbocycles. The van der Waals surface area contributed by atoms with Crippen LogP contribution in [0.4, 0.5) is 10.1 Å². The minimum absolute atomic E-state index is 0.176. The van der Waals surface area contributed by atoms with Crippen LogP contribution in [0, 0.1) is 11.7 Å². The van der Waals surface area contributed by atoms with Crippen molar-refractivity contribution in [2.24, 2.45) is 11.7 Å². The van der Waals surface area contributed by atoms with Crippen LogP contribution in [-0.4, -0.2) is 12.5 Å². The van der Waals surface area contributed by atoms with Crippen molar-refractivity contribution in [3.63, 3.8) is 0 Å². The van der Waals surface area contributed by atoms with E-state index >= 15 is 0 Å². The summed E-state index contributed by atoms with van der Waals surface area (Å²) < 4.78 is 13.3. The van der Waals surface area contributed by atoms with E-state index in [2.05, 4.69) is 21.2 Å². The van der Waals surface area contributed by atoms with E-state index in [-0.39, 0.29) is 24.2 Å². The molecular weight excluding hydrogens is 263 g/mol. The second-order valence-electron chi connectivity index (χ2n) is 3.25. The summed E-state index contributed by atoms with van der Waals surface area (Å²) >= 11 is 3.16. The van der Waals surface area contributed by atoms with Crippen LogP contribution >= 0.6 is 15.9 Å². The van der Waals surface area contributed by atoms with Gasteiger partial charge in [-0.2, -0.15) is 0 Å². The Morgan fingerprint density at radius 1 is 1.67 bits per heavy atom. The lowest BCUT2D eigenvalue weighted by atomic mass is 10.1. The minimum Gasteiger partial charge on any atom is -0.330 e. The molecule has 0 spiro atoms. The van der Waals surface area contributed by atoms with Gasteiger partial charge in [0.2, 0.25) is 5.91 Å². The third kappa shape index (κ3) is 3.28. The maximum atomic E-state index is 12.7. The quantitative estimate of drug-likeness (QED) is 0.887. The van der Waals surface area contributed by atoms with Gasteiger partial charge in [-0.05, 0) is 34.1 Å². The molecule has 1 rings (SSSR count). The van der Waals surface area contributed by atoms with Gasteiger partial charge in [0.05, 0.1) is 5.69 Å². The lowest BCUT2D eigenvalue weighted by molar-refractivity contribution is -0.119. The van der Waals surface area contributed by atoms with Crippen molar-refractivity contribution in [2.75, 3.05) is 11.9 Å². The first-order chi connectivity index (χ1) is 7.04. The van der Waals surface area contributed by atoms with E-state index < -0.39 is 0 Å². The van der Waals surface area contributed by atoms with E-state index in [0.717, 1.165) is 0 Å². The molecule has 1 amide bonds. The molecule has 1 aromatic carbocycles. The van der Waals surface area contributed by atoms with E-state index in [9.17, 15) is 9.18 Å². The maximum absolute atomic E-state index is 12.7. The monoisotopic (exact) mass is 274 g/mol. The van der Waals surface area contributed by atoms with E-state index in [4.69, 9.17) is 5.73 Å². The molecule has 1 unspecified atom stereocenters. The average molecular weight is 275 g/mol. The van der Waals surface area contributed by atoms with Crippen LogP contribution in [-0.2, 0) is 4.79 Å². The van der Waals surface area contributed by atoms with Gasteiger partial charge < -0.3 is 11.1 Å². The van der Waals surface area contributed by atoms with Crippen LogP contribution in [0.25, 0.3) is 0 Å². The molecule has 0 aliphatic rings. The van der Waals surface area contributed by atoms with Crippen molar-refractivity contribution in [1.29, 1.82) is 0 Å². The fraction of sp³-hybridized carbons (Fsp3) is 0.300. The number of hydrogen-bond donors (Lipinski definition) is 2. The molecule has 3 nitrogen and oxygen atoms in total. The summed E-state index contributed by atoms with van der Waals surface area (Å²) in [4.78, 5) is 11.5. The number of anilines is 1. The van der Waals surface area contributed by atoms with Crippen molar-refractivity contribution >= 4 is 27.5 Å². The lowest BCUT2D eigenvalue weighted by Crippen LogP contribution is -2.26. The normalized spacial score (nSPS) is 12.3. The van der Waals surface area contributed by atoms with E-state index in [1.807, 2.05) is 0 Å². The predicted molar refractivity (Wildman–Crippen MR) is 60.9 cm³/mol. The largest absolute Gasteiger partial charge is 0.330 e. The molecular formula is C10H12BrFN2O. The number of hydrogen-bond acceptors (Lipinski definition) is 2. The first-order valence-electron chi connectivity index (χ1n) is 4.50. The van der Waals surface area contributed by atoms with Gasteiger partial charge in [0.1, 0.15) is 5.82 Å². The van der Waals surface area contributed by atoms with Gasteiger partial charge in [-0.15, -0.1) is 0 Å². The summed E-state index contributed by atoms with van der Waals surface area (Å²) in [6.07, 6.45) is 0. The highest BCUT2D eigenvalue weighted by atomic mass is 79.9. The first kappa shape index (κ1) is 12.1. The number of carbonyl (C=O) groups excluding carboxylic acids is 1. The van der Waals surface area contributed by atoms with Crippen molar-refractivity contribution in [2.45, 2.75) is 6.92 Å². The van der Waals surface area contributed by atoms with Crippen LogP contribution in [0.1, 0.15) is 6.92 Å². The fourth-order valence-corrected chi connectivity index (χ4v) is 1.40. The van der Waals surface area contributed by atoms with Gasteiger partial charge in [-0.25, -0.2) is 4.39 Å².